The van der Waals surface area contributed by atoms with Crippen LogP contribution in [0.5, 0.6) is 0 Å². The third-order valence-electron chi connectivity index (χ3n) is 3.21. The standard InChI is InChI=1S/C11H15BrO2S2/c12-6-11(5-9-1-3-15-7-9)10-2-4-16(13,14)8-10/h1,3,7,10-11H,2,4-6,8H2. The SMILES string of the molecule is O=S1(=O)CCC(C(CBr)Cc2ccsc2)C1. The summed E-state index contributed by atoms with van der Waals surface area (Å²) in [7, 11) is -2.75. The molecular weight excluding hydrogens is 308 g/mol. The number of rotatable bonds is 4. The zero-order valence-electron chi connectivity index (χ0n) is 8.93. The first-order chi connectivity index (χ1) is 7.61. The third kappa shape index (κ3) is 3.08. The van der Waals surface area contributed by atoms with E-state index >= 15 is 0 Å². The van der Waals surface area contributed by atoms with Gasteiger partial charge < -0.3 is 0 Å². The van der Waals surface area contributed by atoms with Gasteiger partial charge in [0.05, 0.1) is 11.5 Å². The molecule has 0 saturated carbocycles. The van der Waals surface area contributed by atoms with E-state index in [4.69, 9.17) is 0 Å². The molecule has 2 heterocycles. The van der Waals surface area contributed by atoms with Crippen molar-refractivity contribution in [3.05, 3.63) is 22.4 Å². The van der Waals surface area contributed by atoms with Gasteiger partial charge in [-0.25, -0.2) is 8.42 Å². The van der Waals surface area contributed by atoms with E-state index in [0.717, 1.165) is 18.2 Å². The largest absolute Gasteiger partial charge is 0.229 e. The lowest BCUT2D eigenvalue weighted by Crippen LogP contribution is -2.19. The van der Waals surface area contributed by atoms with Crippen LogP contribution < -0.4 is 0 Å². The Morgan fingerprint density at radius 2 is 2.38 bits per heavy atom. The van der Waals surface area contributed by atoms with Crippen LogP contribution in [0.3, 0.4) is 0 Å². The van der Waals surface area contributed by atoms with Gasteiger partial charge in [-0.3, -0.25) is 0 Å². The molecule has 0 N–H and O–H groups in total. The molecule has 1 aliphatic rings. The highest BCUT2D eigenvalue weighted by Gasteiger charge is 2.33. The third-order valence-corrected chi connectivity index (χ3v) is 6.57. The molecule has 1 saturated heterocycles. The van der Waals surface area contributed by atoms with Gasteiger partial charge in [0.1, 0.15) is 0 Å². The molecule has 2 nitrogen and oxygen atoms in total. The molecule has 90 valence electrons. The van der Waals surface area contributed by atoms with Crippen molar-refractivity contribution in [2.45, 2.75) is 12.8 Å². The molecule has 0 spiro atoms. The van der Waals surface area contributed by atoms with Gasteiger partial charge in [0, 0.05) is 5.33 Å². The van der Waals surface area contributed by atoms with Gasteiger partial charge in [-0.05, 0) is 47.1 Å². The first-order valence-electron chi connectivity index (χ1n) is 5.38. The fourth-order valence-corrected chi connectivity index (χ4v) is 5.61. The van der Waals surface area contributed by atoms with E-state index in [9.17, 15) is 8.42 Å². The molecule has 1 aromatic rings. The lowest BCUT2D eigenvalue weighted by Gasteiger charge is -2.19. The molecule has 1 aliphatic heterocycles. The number of hydrogen-bond donors (Lipinski definition) is 0. The summed E-state index contributed by atoms with van der Waals surface area (Å²) in [5.74, 6) is 1.55. The van der Waals surface area contributed by atoms with Crippen LogP contribution in [0.2, 0.25) is 0 Å². The van der Waals surface area contributed by atoms with Crippen LogP contribution in [-0.4, -0.2) is 25.3 Å². The fourth-order valence-electron chi connectivity index (χ4n) is 2.25. The molecule has 0 radical (unpaired) electrons. The molecule has 0 aromatic carbocycles. The van der Waals surface area contributed by atoms with Gasteiger partial charge in [-0.2, -0.15) is 11.3 Å². The van der Waals surface area contributed by atoms with Gasteiger partial charge in [0.2, 0.25) is 0 Å². The van der Waals surface area contributed by atoms with E-state index in [1.165, 1.54) is 5.56 Å². The van der Waals surface area contributed by atoms with Gasteiger partial charge in [-0.1, -0.05) is 15.9 Å². The number of halogens is 1. The van der Waals surface area contributed by atoms with Crippen molar-refractivity contribution in [3.63, 3.8) is 0 Å². The summed E-state index contributed by atoms with van der Waals surface area (Å²) in [6.07, 6.45) is 1.83. The second-order valence-electron chi connectivity index (χ2n) is 4.41. The first kappa shape index (κ1) is 12.6. The number of thiophene rings is 1. The number of hydrogen-bond acceptors (Lipinski definition) is 3. The Balaban J connectivity index is 2.01. The smallest absolute Gasteiger partial charge is 0.150 e. The van der Waals surface area contributed by atoms with Crippen molar-refractivity contribution in [1.29, 1.82) is 0 Å². The summed E-state index contributed by atoms with van der Waals surface area (Å²) < 4.78 is 22.9. The van der Waals surface area contributed by atoms with Gasteiger partial charge in [0.25, 0.3) is 0 Å². The zero-order chi connectivity index (χ0) is 11.6. The van der Waals surface area contributed by atoms with Crippen molar-refractivity contribution in [2.75, 3.05) is 16.8 Å². The molecule has 1 aromatic heterocycles. The molecule has 5 heteroatoms. The highest BCUT2D eigenvalue weighted by molar-refractivity contribution is 9.09. The minimum atomic E-state index is -2.75. The van der Waals surface area contributed by atoms with Crippen LogP contribution in [0, 0.1) is 11.8 Å². The van der Waals surface area contributed by atoms with E-state index < -0.39 is 9.84 Å². The normalized spacial score (nSPS) is 25.7. The van der Waals surface area contributed by atoms with Crippen LogP contribution in [0.15, 0.2) is 16.8 Å². The highest BCUT2D eigenvalue weighted by Crippen LogP contribution is 2.30. The molecule has 0 aliphatic carbocycles. The van der Waals surface area contributed by atoms with Gasteiger partial charge in [0.15, 0.2) is 9.84 Å². The molecule has 16 heavy (non-hydrogen) atoms. The minimum Gasteiger partial charge on any atom is -0.229 e. The summed E-state index contributed by atoms with van der Waals surface area (Å²) >= 11 is 5.22. The van der Waals surface area contributed by atoms with Crippen molar-refractivity contribution < 1.29 is 8.42 Å². The summed E-state index contributed by atoms with van der Waals surface area (Å²) in [4.78, 5) is 0. The predicted octanol–water partition coefficient (Wildman–Crippen LogP) is 2.74. The Hall–Kier alpha value is 0.130. The molecule has 0 bridgehead atoms. The Morgan fingerprint density at radius 1 is 1.56 bits per heavy atom. The Kier molecular flexibility index (Phi) is 4.08. The molecule has 2 rings (SSSR count). The maximum atomic E-state index is 11.5. The highest BCUT2D eigenvalue weighted by atomic mass is 79.9. The van der Waals surface area contributed by atoms with Crippen molar-refractivity contribution in [1.82, 2.24) is 0 Å². The van der Waals surface area contributed by atoms with Crippen LogP contribution in [0.4, 0.5) is 0 Å². The van der Waals surface area contributed by atoms with E-state index in [2.05, 4.69) is 32.8 Å². The quantitative estimate of drug-likeness (QED) is 0.799. The molecular formula is C11H15BrO2S2. The first-order valence-corrected chi connectivity index (χ1v) is 9.27. The van der Waals surface area contributed by atoms with Crippen LogP contribution in [0.1, 0.15) is 12.0 Å². The summed E-state index contributed by atoms with van der Waals surface area (Å²) in [5, 5.41) is 5.12. The van der Waals surface area contributed by atoms with E-state index in [0.29, 0.717) is 23.3 Å². The lowest BCUT2D eigenvalue weighted by atomic mass is 9.89. The molecule has 2 unspecified atom stereocenters. The van der Waals surface area contributed by atoms with E-state index in [-0.39, 0.29) is 0 Å². The monoisotopic (exact) mass is 322 g/mol. The molecule has 2 atom stereocenters. The van der Waals surface area contributed by atoms with Crippen molar-refractivity contribution in [3.8, 4) is 0 Å². The molecule has 1 fully saturated rings. The summed E-state index contributed by atoms with van der Waals surface area (Å²) in [5.41, 5.74) is 1.33. The number of alkyl halides is 1. The average Bonchev–Trinajstić information content (AvgIpc) is 2.83. The maximum Gasteiger partial charge on any atom is 0.150 e. The lowest BCUT2D eigenvalue weighted by molar-refractivity contribution is 0.402. The maximum absolute atomic E-state index is 11.5. The predicted molar refractivity (Wildman–Crippen MR) is 72.1 cm³/mol. The zero-order valence-corrected chi connectivity index (χ0v) is 12.2. The Labute approximate surface area is 109 Å². The van der Waals surface area contributed by atoms with Crippen molar-refractivity contribution in [2.24, 2.45) is 11.8 Å². The Morgan fingerprint density at radius 3 is 2.88 bits per heavy atom. The van der Waals surface area contributed by atoms with Crippen LogP contribution in [0.25, 0.3) is 0 Å². The summed E-state index contributed by atoms with van der Waals surface area (Å²) in [6, 6.07) is 2.13. The second-order valence-corrected chi connectivity index (χ2v) is 8.07. The Bertz CT molecular complexity index is 425. The number of sulfone groups is 1. The topological polar surface area (TPSA) is 34.1 Å². The molecule has 0 amide bonds. The fraction of sp³-hybridized carbons (Fsp3) is 0.636. The van der Waals surface area contributed by atoms with Gasteiger partial charge in [-0.15, -0.1) is 0 Å². The average molecular weight is 323 g/mol. The second kappa shape index (κ2) is 5.19. The van der Waals surface area contributed by atoms with Crippen molar-refractivity contribution >= 4 is 37.1 Å². The van der Waals surface area contributed by atoms with Gasteiger partial charge >= 0.3 is 0 Å². The van der Waals surface area contributed by atoms with E-state index in [1.807, 2.05) is 0 Å². The van der Waals surface area contributed by atoms with E-state index in [1.54, 1.807) is 11.3 Å². The minimum absolute atomic E-state index is 0.337. The van der Waals surface area contributed by atoms with Crippen LogP contribution in [-0.2, 0) is 16.3 Å². The van der Waals surface area contributed by atoms with Crippen LogP contribution >= 0.6 is 27.3 Å². The summed E-state index contributed by atoms with van der Waals surface area (Å²) in [6.45, 7) is 0.